The zero-order valence-electron chi connectivity index (χ0n) is 10.4. The van der Waals surface area contributed by atoms with Gasteiger partial charge in [0.05, 0.1) is 15.2 Å². The van der Waals surface area contributed by atoms with Crippen LogP contribution in [0.5, 0.6) is 5.75 Å². The number of rotatable bonds is 2. The number of nitrogens with one attached hydrogen (secondary N) is 1. The molecule has 0 bridgehead atoms. The smallest absolute Gasteiger partial charge is 0.235 e. The van der Waals surface area contributed by atoms with E-state index in [4.69, 9.17) is 16.3 Å². The van der Waals surface area contributed by atoms with Crippen molar-refractivity contribution in [2.45, 2.75) is 5.92 Å². The van der Waals surface area contributed by atoms with Gasteiger partial charge in [-0.3, -0.25) is 4.79 Å². The molecule has 1 amide bonds. The van der Waals surface area contributed by atoms with E-state index in [1.54, 1.807) is 18.2 Å². The number of ether oxygens (including phenoxy) is 1. The molecule has 1 heterocycles. The molecule has 2 aromatic rings. The molecule has 0 spiro atoms. The number of benzene rings is 2. The first-order chi connectivity index (χ1) is 9.66. The summed E-state index contributed by atoms with van der Waals surface area (Å²) < 4.78 is 6.21. The van der Waals surface area contributed by atoms with Crippen molar-refractivity contribution in [3.05, 3.63) is 57.5 Å². The van der Waals surface area contributed by atoms with Crippen LogP contribution in [-0.4, -0.2) is 12.5 Å². The molecule has 0 aliphatic carbocycles. The zero-order valence-corrected chi connectivity index (χ0v) is 12.7. The molecule has 0 saturated carbocycles. The maximum Gasteiger partial charge on any atom is 0.235 e. The highest BCUT2D eigenvalue weighted by atomic mass is 79.9. The van der Waals surface area contributed by atoms with E-state index in [1.165, 1.54) is 0 Å². The van der Waals surface area contributed by atoms with Crippen LogP contribution in [0.15, 0.2) is 46.9 Å². The lowest BCUT2D eigenvalue weighted by Gasteiger charge is -2.12. The normalized spacial score (nSPS) is 16.4. The van der Waals surface area contributed by atoms with Gasteiger partial charge in [-0.1, -0.05) is 35.9 Å². The van der Waals surface area contributed by atoms with Gasteiger partial charge < -0.3 is 10.1 Å². The molecule has 0 fully saturated rings. The second-order valence-corrected chi connectivity index (χ2v) is 5.69. The Hall–Kier alpha value is -1.52. The van der Waals surface area contributed by atoms with E-state index in [-0.39, 0.29) is 11.8 Å². The van der Waals surface area contributed by atoms with Crippen molar-refractivity contribution in [2.24, 2.45) is 0 Å². The summed E-state index contributed by atoms with van der Waals surface area (Å²) in [4.78, 5) is 12.4. The first kappa shape index (κ1) is 13.5. The van der Waals surface area contributed by atoms with E-state index in [9.17, 15) is 4.79 Å². The molecule has 1 atom stereocenters. The van der Waals surface area contributed by atoms with Crippen molar-refractivity contribution in [3.8, 4) is 5.75 Å². The third kappa shape index (κ3) is 2.41. The fourth-order valence-corrected chi connectivity index (χ4v) is 2.74. The number of carbonyl (C=O) groups is 1. The monoisotopic (exact) mass is 351 g/mol. The van der Waals surface area contributed by atoms with Crippen molar-refractivity contribution in [2.75, 3.05) is 11.9 Å². The average Bonchev–Trinajstić information content (AvgIpc) is 2.88. The number of carbonyl (C=O) groups excluding carboxylic acids is 1. The fourth-order valence-electron chi connectivity index (χ4n) is 2.20. The van der Waals surface area contributed by atoms with Gasteiger partial charge in [0.2, 0.25) is 5.91 Å². The summed E-state index contributed by atoms with van der Waals surface area (Å²) in [5, 5.41) is 3.44. The quantitative estimate of drug-likeness (QED) is 0.879. The summed E-state index contributed by atoms with van der Waals surface area (Å²) in [6, 6.07) is 12.9. The molecule has 102 valence electrons. The number of anilines is 1. The molecule has 20 heavy (non-hydrogen) atoms. The minimum absolute atomic E-state index is 0.0992. The number of fused-ring (bicyclic) bond motifs is 1. The predicted molar refractivity (Wildman–Crippen MR) is 82.5 cm³/mol. The van der Waals surface area contributed by atoms with Gasteiger partial charge in [0.15, 0.2) is 0 Å². The third-order valence-electron chi connectivity index (χ3n) is 3.23. The van der Waals surface area contributed by atoms with Gasteiger partial charge in [-0.25, -0.2) is 0 Å². The second-order valence-electron chi connectivity index (χ2n) is 4.49. The lowest BCUT2D eigenvalue weighted by Crippen LogP contribution is -2.22. The van der Waals surface area contributed by atoms with E-state index in [2.05, 4.69) is 21.2 Å². The fraction of sp³-hybridized carbons (Fsp3) is 0.133. The van der Waals surface area contributed by atoms with Gasteiger partial charge in [0.1, 0.15) is 18.3 Å². The summed E-state index contributed by atoms with van der Waals surface area (Å²) in [5.74, 6) is 0.382. The first-order valence-electron chi connectivity index (χ1n) is 6.13. The van der Waals surface area contributed by atoms with E-state index in [1.807, 2.05) is 24.3 Å². The molecule has 0 radical (unpaired) electrons. The van der Waals surface area contributed by atoms with Crippen molar-refractivity contribution >= 4 is 39.1 Å². The van der Waals surface area contributed by atoms with E-state index >= 15 is 0 Å². The van der Waals surface area contributed by atoms with Crippen LogP contribution in [0.2, 0.25) is 5.02 Å². The number of amides is 1. The standard InChI is InChI=1S/C15H11BrClNO2/c16-14-11(17)5-3-6-12(14)18-15(19)10-8-20-13-7-2-1-4-9(10)13/h1-7,10H,8H2,(H,18,19). The Balaban J connectivity index is 1.83. The molecule has 1 aliphatic heterocycles. The number of hydrogen-bond donors (Lipinski definition) is 1. The van der Waals surface area contributed by atoms with Crippen LogP contribution in [0.1, 0.15) is 11.5 Å². The topological polar surface area (TPSA) is 38.3 Å². The molecule has 2 aromatic carbocycles. The van der Waals surface area contributed by atoms with Crippen LogP contribution in [0.3, 0.4) is 0 Å². The molecular weight excluding hydrogens is 342 g/mol. The molecular formula is C15H11BrClNO2. The number of halogens is 2. The maximum absolute atomic E-state index is 12.4. The SMILES string of the molecule is O=C(Nc1cccc(Cl)c1Br)C1COc2ccccc21. The van der Waals surface area contributed by atoms with Crippen LogP contribution in [0, 0.1) is 0 Å². The van der Waals surface area contributed by atoms with Crippen LogP contribution in [-0.2, 0) is 4.79 Å². The minimum atomic E-state index is -0.294. The lowest BCUT2D eigenvalue weighted by molar-refractivity contribution is -0.117. The highest BCUT2D eigenvalue weighted by molar-refractivity contribution is 9.10. The van der Waals surface area contributed by atoms with Crippen LogP contribution in [0.4, 0.5) is 5.69 Å². The molecule has 0 saturated heterocycles. The van der Waals surface area contributed by atoms with Gasteiger partial charge in [-0.2, -0.15) is 0 Å². The molecule has 0 aromatic heterocycles. The first-order valence-corrected chi connectivity index (χ1v) is 7.30. The second kappa shape index (κ2) is 5.46. The van der Waals surface area contributed by atoms with Crippen LogP contribution in [0.25, 0.3) is 0 Å². The molecule has 1 aliphatic rings. The Morgan fingerprint density at radius 1 is 1.25 bits per heavy atom. The summed E-state index contributed by atoms with van der Waals surface area (Å²) in [5.41, 5.74) is 1.58. The number of para-hydroxylation sites is 1. The molecule has 3 rings (SSSR count). The molecule has 5 heteroatoms. The summed E-state index contributed by atoms with van der Waals surface area (Å²) in [7, 11) is 0. The van der Waals surface area contributed by atoms with E-state index in [0.29, 0.717) is 21.8 Å². The van der Waals surface area contributed by atoms with Crippen molar-refractivity contribution in [1.29, 1.82) is 0 Å². The van der Waals surface area contributed by atoms with E-state index in [0.717, 1.165) is 11.3 Å². The molecule has 3 nitrogen and oxygen atoms in total. The van der Waals surface area contributed by atoms with Crippen molar-refractivity contribution in [3.63, 3.8) is 0 Å². The maximum atomic E-state index is 12.4. The Morgan fingerprint density at radius 3 is 2.90 bits per heavy atom. The van der Waals surface area contributed by atoms with Gasteiger partial charge in [0.25, 0.3) is 0 Å². The Labute approximate surface area is 130 Å². The van der Waals surface area contributed by atoms with Gasteiger partial charge >= 0.3 is 0 Å². The summed E-state index contributed by atoms with van der Waals surface area (Å²) in [6.07, 6.45) is 0. The summed E-state index contributed by atoms with van der Waals surface area (Å²) >= 11 is 9.39. The van der Waals surface area contributed by atoms with Crippen molar-refractivity contribution < 1.29 is 9.53 Å². The van der Waals surface area contributed by atoms with Crippen molar-refractivity contribution in [1.82, 2.24) is 0 Å². The number of hydrogen-bond acceptors (Lipinski definition) is 2. The predicted octanol–water partition coefficient (Wildman–Crippen LogP) is 4.22. The zero-order chi connectivity index (χ0) is 14.1. The Morgan fingerprint density at radius 2 is 2.05 bits per heavy atom. The lowest BCUT2D eigenvalue weighted by atomic mass is 10.0. The third-order valence-corrected chi connectivity index (χ3v) is 4.62. The Bertz CT molecular complexity index is 675. The van der Waals surface area contributed by atoms with Crippen LogP contribution < -0.4 is 10.1 Å². The Kier molecular flexibility index (Phi) is 3.68. The largest absolute Gasteiger partial charge is 0.492 e. The molecule has 1 N–H and O–H groups in total. The van der Waals surface area contributed by atoms with E-state index < -0.39 is 0 Å². The average molecular weight is 353 g/mol. The summed E-state index contributed by atoms with van der Waals surface area (Å²) in [6.45, 7) is 0.364. The highest BCUT2D eigenvalue weighted by Crippen LogP contribution is 2.35. The van der Waals surface area contributed by atoms with Gasteiger partial charge in [-0.05, 0) is 34.1 Å². The van der Waals surface area contributed by atoms with Gasteiger partial charge in [-0.15, -0.1) is 0 Å². The minimum Gasteiger partial charge on any atom is -0.492 e. The van der Waals surface area contributed by atoms with Gasteiger partial charge in [0, 0.05) is 5.56 Å². The highest BCUT2D eigenvalue weighted by Gasteiger charge is 2.30. The molecule has 1 unspecified atom stereocenters. The van der Waals surface area contributed by atoms with Crippen LogP contribution >= 0.6 is 27.5 Å².